The zero-order chi connectivity index (χ0) is 14.6. The zero-order valence-corrected chi connectivity index (χ0v) is 12.4. The van der Waals surface area contributed by atoms with Crippen molar-refractivity contribution in [3.05, 3.63) is 29.8 Å². The molecule has 4 nitrogen and oxygen atoms in total. The summed E-state index contributed by atoms with van der Waals surface area (Å²) in [6.07, 6.45) is 2.21. The molecule has 112 valence electrons. The Labute approximate surface area is 121 Å². The van der Waals surface area contributed by atoms with Gasteiger partial charge in [-0.1, -0.05) is 12.1 Å². The van der Waals surface area contributed by atoms with Crippen molar-refractivity contribution in [1.82, 2.24) is 4.90 Å². The number of nitrogens with zero attached hydrogens (tertiary/aromatic N) is 1. The van der Waals surface area contributed by atoms with E-state index in [0.29, 0.717) is 6.54 Å². The second-order valence-electron chi connectivity index (χ2n) is 6.21. The summed E-state index contributed by atoms with van der Waals surface area (Å²) in [6.45, 7) is 6.39. The summed E-state index contributed by atoms with van der Waals surface area (Å²) in [7, 11) is 0. The van der Waals surface area contributed by atoms with E-state index in [0.717, 1.165) is 37.2 Å². The van der Waals surface area contributed by atoms with E-state index in [4.69, 9.17) is 9.84 Å². The Balaban J connectivity index is 1.79. The fourth-order valence-electron chi connectivity index (χ4n) is 2.60. The minimum absolute atomic E-state index is 0.0651. The maximum absolute atomic E-state index is 9.83. The van der Waals surface area contributed by atoms with Crippen molar-refractivity contribution in [1.29, 1.82) is 0 Å². The van der Waals surface area contributed by atoms with Gasteiger partial charge in [0, 0.05) is 19.6 Å². The predicted molar refractivity (Wildman–Crippen MR) is 78.8 cm³/mol. The second-order valence-corrected chi connectivity index (χ2v) is 6.21. The van der Waals surface area contributed by atoms with Crippen molar-refractivity contribution in [2.45, 2.75) is 45.0 Å². The molecule has 1 aliphatic rings. The van der Waals surface area contributed by atoms with Crippen LogP contribution in [0.4, 0.5) is 0 Å². The molecule has 1 saturated heterocycles. The van der Waals surface area contributed by atoms with Crippen molar-refractivity contribution < 1.29 is 14.9 Å². The van der Waals surface area contributed by atoms with Gasteiger partial charge in [0.2, 0.25) is 0 Å². The van der Waals surface area contributed by atoms with Crippen molar-refractivity contribution in [2.75, 3.05) is 19.6 Å². The number of aliphatic hydroxyl groups is 2. The molecule has 1 fully saturated rings. The van der Waals surface area contributed by atoms with E-state index in [2.05, 4.69) is 4.90 Å². The van der Waals surface area contributed by atoms with E-state index in [1.54, 1.807) is 0 Å². The van der Waals surface area contributed by atoms with Crippen LogP contribution < -0.4 is 4.74 Å². The highest BCUT2D eigenvalue weighted by Gasteiger charge is 2.24. The smallest absolute Gasteiger partial charge is 0.119 e. The van der Waals surface area contributed by atoms with Crippen LogP contribution in [0.3, 0.4) is 0 Å². The molecule has 20 heavy (non-hydrogen) atoms. The van der Waals surface area contributed by atoms with Gasteiger partial charge in [-0.05, 0) is 44.4 Å². The minimum Gasteiger partial charge on any atom is -0.490 e. The number of ether oxygens (including phenoxy) is 1. The molecule has 1 aromatic carbocycles. The maximum Gasteiger partial charge on any atom is 0.119 e. The van der Waals surface area contributed by atoms with Gasteiger partial charge in [-0.3, -0.25) is 0 Å². The Bertz CT molecular complexity index is 403. The number of likely N-dealkylation sites (tertiary alicyclic amines) is 1. The molecule has 1 aromatic rings. The highest BCUT2D eigenvalue weighted by Crippen LogP contribution is 2.20. The number of hydrogen-bond donors (Lipinski definition) is 2. The van der Waals surface area contributed by atoms with E-state index < -0.39 is 5.60 Å². The average molecular weight is 279 g/mol. The number of benzene rings is 1. The van der Waals surface area contributed by atoms with Gasteiger partial charge in [0.15, 0.2) is 0 Å². The molecule has 1 heterocycles. The monoisotopic (exact) mass is 279 g/mol. The van der Waals surface area contributed by atoms with Gasteiger partial charge in [0.25, 0.3) is 0 Å². The summed E-state index contributed by atoms with van der Waals surface area (Å²) in [5.74, 6) is 0.864. The molecule has 0 radical (unpaired) electrons. The maximum atomic E-state index is 9.83. The Morgan fingerprint density at radius 2 is 1.80 bits per heavy atom. The first-order chi connectivity index (χ1) is 9.46. The summed E-state index contributed by atoms with van der Waals surface area (Å²) in [6, 6.07) is 7.60. The van der Waals surface area contributed by atoms with Crippen LogP contribution in [-0.2, 0) is 6.61 Å². The standard InChI is InChI=1S/C16H25NO3/c1-16(2,19)12-17-9-7-15(8-10-17)20-14-5-3-13(11-18)4-6-14/h3-6,15,18-19H,7-12H2,1-2H3. The summed E-state index contributed by atoms with van der Waals surface area (Å²) in [5, 5.41) is 18.8. The summed E-state index contributed by atoms with van der Waals surface area (Å²) in [4.78, 5) is 2.29. The molecule has 0 atom stereocenters. The molecule has 0 unspecified atom stereocenters. The number of piperidine rings is 1. The molecular weight excluding hydrogens is 254 g/mol. The normalized spacial score (nSPS) is 18.2. The fourth-order valence-corrected chi connectivity index (χ4v) is 2.60. The quantitative estimate of drug-likeness (QED) is 0.863. The first kappa shape index (κ1) is 15.3. The first-order valence-corrected chi connectivity index (χ1v) is 7.27. The zero-order valence-electron chi connectivity index (χ0n) is 12.4. The molecule has 2 rings (SSSR count). The van der Waals surface area contributed by atoms with Crippen LogP contribution in [0.1, 0.15) is 32.3 Å². The number of hydrogen-bond acceptors (Lipinski definition) is 4. The van der Waals surface area contributed by atoms with Gasteiger partial charge >= 0.3 is 0 Å². The van der Waals surface area contributed by atoms with Crippen LogP contribution in [0.2, 0.25) is 0 Å². The second kappa shape index (κ2) is 6.57. The molecular formula is C16H25NO3. The predicted octanol–water partition coefficient (Wildman–Crippen LogP) is 1.79. The van der Waals surface area contributed by atoms with Crippen LogP contribution in [0, 0.1) is 0 Å². The molecule has 4 heteroatoms. The summed E-state index contributed by atoms with van der Waals surface area (Å²) in [5.41, 5.74) is 0.269. The largest absolute Gasteiger partial charge is 0.490 e. The highest BCUT2D eigenvalue weighted by molar-refractivity contribution is 5.27. The van der Waals surface area contributed by atoms with Gasteiger partial charge in [-0.25, -0.2) is 0 Å². The van der Waals surface area contributed by atoms with Crippen LogP contribution in [-0.4, -0.2) is 46.5 Å². The molecule has 0 aromatic heterocycles. The van der Waals surface area contributed by atoms with E-state index in [1.165, 1.54) is 0 Å². The van der Waals surface area contributed by atoms with E-state index in [-0.39, 0.29) is 12.7 Å². The van der Waals surface area contributed by atoms with E-state index in [9.17, 15) is 5.11 Å². The molecule has 0 bridgehead atoms. The molecule has 2 N–H and O–H groups in total. The molecule has 0 spiro atoms. The first-order valence-electron chi connectivity index (χ1n) is 7.27. The average Bonchev–Trinajstić information content (AvgIpc) is 2.40. The minimum atomic E-state index is -0.631. The Kier molecular flexibility index (Phi) is 5.02. The third-order valence-electron chi connectivity index (χ3n) is 3.55. The van der Waals surface area contributed by atoms with Crippen LogP contribution in [0.25, 0.3) is 0 Å². The van der Waals surface area contributed by atoms with Crippen LogP contribution in [0.15, 0.2) is 24.3 Å². The molecule has 0 amide bonds. The molecule has 0 saturated carbocycles. The Morgan fingerprint density at radius 3 is 2.30 bits per heavy atom. The van der Waals surface area contributed by atoms with Crippen molar-refractivity contribution in [2.24, 2.45) is 0 Å². The van der Waals surface area contributed by atoms with Crippen molar-refractivity contribution in [3.63, 3.8) is 0 Å². The third-order valence-corrected chi connectivity index (χ3v) is 3.55. The van der Waals surface area contributed by atoms with Crippen LogP contribution in [0.5, 0.6) is 5.75 Å². The van der Waals surface area contributed by atoms with Gasteiger partial charge in [-0.2, -0.15) is 0 Å². The molecule has 0 aliphatic carbocycles. The summed E-state index contributed by atoms with van der Waals surface area (Å²) < 4.78 is 5.96. The third kappa shape index (κ3) is 4.78. The fraction of sp³-hybridized carbons (Fsp3) is 0.625. The molecule has 1 aliphatic heterocycles. The summed E-state index contributed by atoms with van der Waals surface area (Å²) >= 11 is 0. The number of aliphatic hydroxyl groups excluding tert-OH is 1. The topological polar surface area (TPSA) is 52.9 Å². The Hall–Kier alpha value is -1.10. The van der Waals surface area contributed by atoms with Crippen molar-refractivity contribution >= 4 is 0 Å². The highest BCUT2D eigenvalue weighted by atomic mass is 16.5. The SMILES string of the molecule is CC(C)(O)CN1CCC(Oc2ccc(CO)cc2)CC1. The number of β-amino-alcohol motifs (C(OH)–C–C–N with tert-alkyl or cyclic N) is 1. The van der Waals surface area contributed by atoms with Gasteiger partial charge in [0.1, 0.15) is 11.9 Å². The van der Waals surface area contributed by atoms with Gasteiger partial charge in [-0.15, -0.1) is 0 Å². The lowest BCUT2D eigenvalue weighted by Crippen LogP contribution is -2.45. The van der Waals surface area contributed by atoms with Crippen LogP contribution >= 0.6 is 0 Å². The van der Waals surface area contributed by atoms with Crippen molar-refractivity contribution in [3.8, 4) is 5.75 Å². The van der Waals surface area contributed by atoms with E-state index in [1.807, 2.05) is 38.1 Å². The van der Waals surface area contributed by atoms with Gasteiger partial charge < -0.3 is 19.8 Å². The number of rotatable bonds is 5. The lowest BCUT2D eigenvalue weighted by molar-refractivity contribution is 0.0140. The lowest BCUT2D eigenvalue weighted by Gasteiger charge is -2.35. The van der Waals surface area contributed by atoms with Gasteiger partial charge in [0.05, 0.1) is 12.2 Å². The Morgan fingerprint density at radius 1 is 1.20 bits per heavy atom. The lowest BCUT2D eigenvalue weighted by atomic mass is 10.0. The van der Waals surface area contributed by atoms with E-state index >= 15 is 0 Å².